The van der Waals surface area contributed by atoms with Crippen LogP contribution in [-0.2, 0) is 0 Å². The van der Waals surface area contributed by atoms with Gasteiger partial charge in [0.25, 0.3) is 0 Å². The number of nitrogens with zero attached hydrogens (tertiary/aromatic N) is 2. The Hall–Kier alpha value is -0.390. The summed E-state index contributed by atoms with van der Waals surface area (Å²) < 4.78 is 2.85. The summed E-state index contributed by atoms with van der Waals surface area (Å²) >= 11 is 2.01. The largest absolute Gasteiger partial charge is 0.312 e. The fourth-order valence-corrected chi connectivity index (χ4v) is 0.720. The fourth-order valence-electron chi connectivity index (χ4n) is 0.441. The Labute approximate surface area is 67.4 Å². The van der Waals surface area contributed by atoms with Gasteiger partial charge in [-0.25, -0.2) is 4.98 Å². The Morgan fingerprint density at radius 3 is 2.67 bits per heavy atom. The van der Waals surface area contributed by atoms with E-state index < -0.39 is 0 Å². The van der Waals surface area contributed by atoms with Crippen molar-refractivity contribution in [1.29, 1.82) is 0 Å². The zero-order valence-electron chi connectivity index (χ0n) is 4.93. The monoisotopic (exact) mass is 235 g/mol. The first-order valence-corrected chi connectivity index (χ1v) is 3.56. The quantitative estimate of drug-likeness (QED) is 0.592. The van der Waals surface area contributed by atoms with Gasteiger partial charge in [-0.05, 0) is 6.92 Å². The number of hydrogen-bond acceptors (Lipinski definition) is 3. The van der Waals surface area contributed by atoms with E-state index in [2.05, 4.69) is 13.5 Å². The smallest absolute Gasteiger partial charge is 0.153 e. The first kappa shape index (κ1) is 6.73. The summed E-state index contributed by atoms with van der Waals surface area (Å²) in [6, 6.07) is 0. The maximum absolute atomic E-state index is 4.02. The average molecular weight is 235 g/mol. The molecule has 0 amide bonds. The third-order valence-corrected chi connectivity index (χ3v) is 1.43. The second-order valence-electron chi connectivity index (χ2n) is 1.64. The molecule has 0 aliphatic rings. The highest BCUT2D eigenvalue weighted by Gasteiger charge is 1.87. The van der Waals surface area contributed by atoms with Gasteiger partial charge in [0, 0.05) is 0 Å². The van der Waals surface area contributed by atoms with Crippen LogP contribution in [0.3, 0.4) is 0 Å². The SMILES string of the molecule is Cc1cnc(NI)cn1. The molecule has 4 heteroatoms. The zero-order valence-corrected chi connectivity index (χ0v) is 7.08. The van der Waals surface area contributed by atoms with Crippen LogP contribution in [0.15, 0.2) is 12.4 Å². The van der Waals surface area contributed by atoms with Crippen LogP contribution in [-0.4, -0.2) is 9.97 Å². The number of halogens is 1. The number of aryl methyl sites for hydroxylation is 1. The third-order valence-electron chi connectivity index (χ3n) is 0.878. The molecule has 0 saturated carbocycles. The molecule has 0 radical (unpaired) electrons. The Morgan fingerprint density at radius 1 is 1.44 bits per heavy atom. The first-order valence-electron chi connectivity index (χ1n) is 2.48. The number of rotatable bonds is 1. The average Bonchev–Trinajstić information content (AvgIpc) is 1.90. The Kier molecular flexibility index (Phi) is 2.21. The molecule has 0 aliphatic heterocycles. The molecule has 0 aromatic carbocycles. The summed E-state index contributed by atoms with van der Waals surface area (Å²) in [5.41, 5.74) is 0.936. The topological polar surface area (TPSA) is 37.8 Å². The lowest BCUT2D eigenvalue weighted by Crippen LogP contribution is -1.87. The van der Waals surface area contributed by atoms with Gasteiger partial charge in [0.2, 0.25) is 0 Å². The first-order chi connectivity index (χ1) is 4.33. The molecular formula is C5H6IN3. The summed E-state index contributed by atoms with van der Waals surface area (Å²) in [5.74, 6) is 0.793. The lowest BCUT2D eigenvalue weighted by molar-refractivity contribution is 1.13. The third kappa shape index (κ3) is 1.78. The van der Waals surface area contributed by atoms with Gasteiger partial charge in [-0.15, -0.1) is 0 Å². The van der Waals surface area contributed by atoms with E-state index in [1.54, 1.807) is 12.4 Å². The van der Waals surface area contributed by atoms with Crippen molar-refractivity contribution in [3.63, 3.8) is 0 Å². The highest BCUT2D eigenvalue weighted by molar-refractivity contribution is 14.1. The van der Waals surface area contributed by atoms with E-state index in [0.29, 0.717) is 0 Å². The van der Waals surface area contributed by atoms with Crippen LogP contribution in [0.25, 0.3) is 0 Å². The molecule has 9 heavy (non-hydrogen) atoms. The molecular weight excluding hydrogens is 229 g/mol. The minimum Gasteiger partial charge on any atom is -0.312 e. The maximum atomic E-state index is 4.02. The summed E-state index contributed by atoms with van der Waals surface area (Å²) in [6.45, 7) is 1.91. The number of anilines is 1. The number of nitrogens with one attached hydrogen (secondary N) is 1. The van der Waals surface area contributed by atoms with Gasteiger partial charge in [0.1, 0.15) is 0 Å². The van der Waals surface area contributed by atoms with Crippen molar-refractivity contribution in [3.8, 4) is 0 Å². The van der Waals surface area contributed by atoms with Gasteiger partial charge in [0.05, 0.1) is 41.0 Å². The van der Waals surface area contributed by atoms with E-state index in [-0.39, 0.29) is 0 Å². The molecule has 1 rings (SSSR count). The normalized spacial score (nSPS) is 9.11. The van der Waals surface area contributed by atoms with E-state index in [4.69, 9.17) is 0 Å². The van der Waals surface area contributed by atoms with Crippen molar-refractivity contribution in [1.82, 2.24) is 9.97 Å². The second kappa shape index (κ2) is 2.95. The van der Waals surface area contributed by atoms with E-state index in [0.717, 1.165) is 11.5 Å². The fraction of sp³-hybridized carbons (Fsp3) is 0.200. The standard InChI is InChI=1S/C5H6IN3/c1-4-2-8-5(9-6)3-7-4/h2-3H,1H3,(H,8,9). The summed E-state index contributed by atoms with van der Waals surface area (Å²) in [7, 11) is 0. The van der Waals surface area contributed by atoms with Gasteiger partial charge >= 0.3 is 0 Å². The van der Waals surface area contributed by atoms with Gasteiger partial charge in [0.15, 0.2) is 5.82 Å². The van der Waals surface area contributed by atoms with Crippen molar-refractivity contribution in [2.75, 3.05) is 3.53 Å². The van der Waals surface area contributed by atoms with E-state index in [9.17, 15) is 0 Å². The van der Waals surface area contributed by atoms with Crippen LogP contribution in [0.1, 0.15) is 5.69 Å². The van der Waals surface area contributed by atoms with Crippen molar-refractivity contribution in [2.45, 2.75) is 6.92 Å². The maximum Gasteiger partial charge on any atom is 0.153 e. The molecule has 0 bridgehead atoms. The van der Waals surface area contributed by atoms with Crippen molar-refractivity contribution in [2.24, 2.45) is 0 Å². The van der Waals surface area contributed by atoms with Crippen molar-refractivity contribution < 1.29 is 0 Å². The van der Waals surface area contributed by atoms with Crippen LogP contribution in [0.4, 0.5) is 5.82 Å². The van der Waals surface area contributed by atoms with Gasteiger partial charge in [-0.2, -0.15) is 0 Å². The zero-order chi connectivity index (χ0) is 6.69. The minimum atomic E-state index is 0.793. The molecule has 1 aromatic rings. The van der Waals surface area contributed by atoms with Crippen molar-refractivity contribution >= 4 is 28.7 Å². The van der Waals surface area contributed by atoms with Gasteiger partial charge in [-0.3, -0.25) is 4.98 Å². The molecule has 1 N–H and O–H groups in total. The Bertz CT molecular complexity index is 184. The van der Waals surface area contributed by atoms with Gasteiger partial charge in [-0.1, -0.05) is 0 Å². The highest BCUT2D eigenvalue weighted by atomic mass is 127. The van der Waals surface area contributed by atoms with Crippen LogP contribution in [0.2, 0.25) is 0 Å². The van der Waals surface area contributed by atoms with Gasteiger partial charge < -0.3 is 3.53 Å². The molecule has 0 atom stereocenters. The molecule has 0 spiro atoms. The summed E-state index contributed by atoms with van der Waals surface area (Å²) in [4.78, 5) is 8.04. The molecule has 0 saturated heterocycles. The second-order valence-corrected chi connectivity index (χ2v) is 2.18. The van der Waals surface area contributed by atoms with E-state index in [1.807, 2.05) is 29.8 Å². The molecule has 3 nitrogen and oxygen atoms in total. The predicted octanol–water partition coefficient (Wildman–Crippen LogP) is 1.55. The lowest BCUT2D eigenvalue weighted by atomic mass is 10.5. The van der Waals surface area contributed by atoms with Crippen LogP contribution >= 0.6 is 22.9 Å². The van der Waals surface area contributed by atoms with Crippen LogP contribution in [0.5, 0.6) is 0 Å². The molecule has 48 valence electrons. The van der Waals surface area contributed by atoms with E-state index >= 15 is 0 Å². The summed E-state index contributed by atoms with van der Waals surface area (Å²) in [5, 5.41) is 0. The lowest BCUT2D eigenvalue weighted by Gasteiger charge is -1.93. The molecule has 0 aliphatic carbocycles. The van der Waals surface area contributed by atoms with Crippen molar-refractivity contribution in [3.05, 3.63) is 18.1 Å². The molecule has 1 heterocycles. The summed E-state index contributed by atoms with van der Waals surface area (Å²) in [6.07, 6.45) is 3.42. The highest BCUT2D eigenvalue weighted by Crippen LogP contribution is 2.01. The van der Waals surface area contributed by atoms with E-state index in [1.165, 1.54) is 0 Å². The Morgan fingerprint density at radius 2 is 2.22 bits per heavy atom. The predicted molar refractivity (Wildman–Crippen MR) is 44.4 cm³/mol. The Balaban J connectivity index is 2.88. The molecule has 0 unspecified atom stereocenters. The minimum absolute atomic E-state index is 0.793. The molecule has 0 fully saturated rings. The molecule has 1 aromatic heterocycles. The number of aromatic nitrogens is 2. The number of hydrogen-bond donors (Lipinski definition) is 1. The van der Waals surface area contributed by atoms with Crippen LogP contribution in [0, 0.1) is 6.92 Å². The van der Waals surface area contributed by atoms with Crippen LogP contribution < -0.4 is 3.53 Å².